The van der Waals surface area contributed by atoms with E-state index in [1.54, 1.807) is 0 Å². The molecular formula is C9H11F3N2O2. The number of carbonyl (C=O) groups is 1. The maximum Gasteiger partial charge on any atom is 0.435 e. The molecule has 16 heavy (non-hydrogen) atoms. The Bertz CT molecular complexity index is 398. The Morgan fingerprint density at radius 1 is 1.62 bits per heavy atom. The second kappa shape index (κ2) is 4.15. The molecule has 1 aromatic heterocycles. The maximum absolute atomic E-state index is 12.4. The number of hydrogen-bond donors (Lipinski definition) is 1. The van der Waals surface area contributed by atoms with Crippen LogP contribution in [0.5, 0.6) is 0 Å². The Hall–Kier alpha value is -1.53. The fourth-order valence-electron chi connectivity index (χ4n) is 1.34. The molecule has 1 N–H and O–H groups in total. The van der Waals surface area contributed by atoms with Crippen molar-refractivity contribution in [1.82, 2.24) is 9.78 Å². The fraction of sp³-hybridized carbons (Fsp3) is 0.556. The van der Waals surface area contributed by atoms with Crippen molar-refractivity contribution in [3.63, 3.8) is 0 Å². The van der Waals surface area contributed by atoms with Gasteiger partial charge in [-0.25, -0.2) is 0 Å². The molecule has 1 atom stereocenters. The van der Waals surface area contributed by atoms with Crippen LogP contribution in [0.2, 0.25) is 0 Å². The zero-order chi connectivity index (χ0) is 12.5. The minimum absolute atomic E-state index is 0.00950. The Labute approximate surface area is 89.7 Å². The van der Waals surface area contributed by atoms with E-state index in [2.05, 4.69) is 5.10 Å². The molecule has 0 saturated carbocycles. The molecule has 4 nitrogen and oxygen atoms in total. The van der Waals surface area contributed by atoms with E-state index in [9.17, 15) is 18.0 Å². The third-order valence-electron chi connectivity index (χ3n) is 2.11. The molecule has 0 saturated heterocycles. The normalized spacial score (nSPS) is 13.8. The SMILES string of the molecule is Cc1cn(C(C)CC(=O)O)nc1C(F)(F)F. The van der Waals surface area contributed by atoms with Crippen LogP contribution in [0.15, 0.2) is 6.20 Å². The molecule has 0 radical (unpaired) electrons. The van der Waals surface area contributed by atoms with Crippen LogP contribution in [0.3, 0.4) is 0 Å². The largest absolute Gasteiger partial charge is 0.481 e. The summed E-state index contributed by atoms with van der Waals surface area (Å²) in [6, 6.07) is -0.604. The third-order valence-corrected chi connectivity index (χ3v) is 2.11. The van der Waals surface area contributed by atoms with Gasteiger partial charge in [-0.15, -0.1) is 0 Å². The van der Waals surface area contributed by atoms with Crippen molar-refractivity contribution in [3.05, 3.63) is 17.5 Å². The number of carboxylic acid groups (broad SMARTS) is 1. The van der Waals surface area contributed by atoms with Gasteiger partial charge in [-0.1, -0.05) is 0 Å². The standard InChI is InChI=1S/C9H11F3N2O2/c1-5-4-14(6(2)3-7(15)16)13-8(5)9(10,11)12/h4,6H,3H2,1-2H3,(H,15,16). The van der Waals surface area contributed by atoms with Crippen molar-refractivity contribution in [2.45, 2.75) is 32.5 Å². The quantitative estimate of drug-likeness (QED) is 0.875. The molecule has 0 bridgehead atoms. The van der Waals surface area contributed by atoms with Crippen LogP contribution in [-0.2, 0) is 11.0 Å². The number of rotatable bonds is 3. The molecule has 0 spiro atoms. The van der Waals surface area contributed by atoms with Crippen molar-refractivity contribution in [3.8, 4) is 0 Å². The molecule has 1 heterocycles. The lowest BCUT2D eigenvalue weighted by molar-refractivity contribution is -0.142. The molecular weight excluding hydrogens is 225 g/mol. The van der Waals surface area contributed by atoms with Crippen LogP contribution in [0, 0.1) is 6.92 Å². The molecule has 0 amide bonds. The number of hydrogen-bond acceptors (Lipinski definition) is 2. The van der Waals surface area contributed by atoms with Crippen molar-refractivity contribution < 1.29 is 23.1 Å². The van der Waals surface area contributed by atoms with Crippen molar-refractivity contribution >= 4 is 5.97 Å². The molecule has 1 unspecified atom stereocenters. The highest BCUT2D eigenvalue weighted by Gasteiger charge is 2.36. The summed E-state index contributed by atoms with van der Waals surface area (Å²) in [6.45, 7) is 2.79. The summed E-state index contributed by atoms with van der Waals surface area (Å²) in [4.78, 5) is 10.4. The van der Waals surface area contributed by atoms with E-state index in [1.807, 2.05) is 0 Å². The van der Waals surface area contributed by atoms with Gasteiger partial charge >= 0.3 is 12.1 Å². The summed E-state index contributed by atoms with van der Waals surface area (Å²) in [6.07, 6.45) is -3.56. The Kier molecular flexibility index (Phi) is 3.25. The average Bonchev–Trinajstić information content (AvgIpc) is 2.44. The van der Waals surface area contributed by atoms with Gasteiger partial charge in [-0.3, -0.25) is 9.48 Å². The molecule has 0 aliphatic carbocycles. The van der Waals surface area contributed by atoms with Gasteiger partial charge in [0.1, 0.15) is 0 Å². The van der Waals surface area contributed by atoms with Crippen molar-refractivity contribution in [2.24, 2.45) is 0 Å². The predicted molar refractivity (Wildman–Crippen MR) is 48.9 cm³/mol. The number of alkyl halides is 3. The molecule has 0 aliphatic heterocycles. The molecule has 1 rings (SSSR count). The summed E-state index contributed by atoms with van der Waals surface area (Å²) in [5.74, 6) is -1.07. The number of aromatic nitrogens is 2. The van der Waals surface area contributed by atoms with Crippen molar-refractivity contribution in [2.75, 3.05) is 0 Å². The minimum Gasteiger partial charge on any atom is -0.481 e. The van der Waals surface area contributed by atoms with Gasteiger partial charge in [0.15, 0.2) is 5.69 Å². The second-order valence-electron chi connectivity index (χ2n) is 3.59. The van der Waals surface area contributed by atoms with Gasteiger partial charge < -0.3 is 5.11 Å². The van der Waals surface area contributed by atoms with Crippen LogP contribution in [0.4, 0.5) is 13.2 Å². The zero-order valence-corrected chi connectivity index (χ0v) is 8.75. The van der Waals surface area contributed by atoms with Crippen LogP contribution >= 0.6 is 0 Å². The molecule has 0 aromatic carbocycles. The monoisotopic (exact) mass is 236 g/mol. The van der Waals surface area contributed by atoms with E-state index in [0.717, 1.165) is 4.68 Å². The number of aryl methyl sites for hydroxylation is 1. The minimum atomic E-state index is -4.50. The first-order valence-electron chi connectivity index (χ1n) is 4.56. The maximum atomic E-state index is 12.4. The van der Waals surface area contributed by atoms with E-state index in [-0.39, 0.29) is 12.0 Å². The fourth-order valence-corrected chi connectivity index (χ4v) is 1.34. The lowest BCUT2D eigenvalue weighted by atomic mass is 10.2. The number of halogens is 3. The Morgan fingerprint density at radius 2 is 2.19 bits per heavy atom. The van der Waals surface area contributed by atoms with Gasteiger partial charge in [-0.05, 0) is 19.4 Å². The summed E-state index contributed by atoms with van der Waals surface area (Å²) in [5.41, 5.74) is -0.977. The summed E-state index contributed by atoms with van der Waals surface area (Å²) < 4.78 is 38.2. The van der Waals surface area contributed by atoms with Crippen molar-refractivity contribution in [1.29, 1.82) is 0 Å². The van der Waals surface area contributed by atoms with E-state index in [4.69, 9.17) is 5.11 Å². The molecule has 0 aliphatic rings. The van der Waals surface area contributed by atoms with Crippen LogP contribution in [0.1, 0.15) is 30.6 Å². The summed E-state index contributed by atoms with van der Waals surface area (Å²) >= 11 is 0. The number of aliphatic carboxylic acids is 1. The molecule has 0 fully saturated rings. The highest BCUT2D eigenvalue weighted by atomic mass is 19.4. The highest BCUT2D eigenvalue weighted by molar-refractivity contribution is 5.67. The molecule has 7 heteroatoms. The van der Waals surface area contributed by atoms with Crippen LogP contribution in [0.25, 0.3) is 0 Å². The Morgan fingerprint density at radius 3 is 2.56 bits per heavy atom. The van der Waals surface area contributed by atoms with Crippen LogP contribution in [-0.4, -0.2) is 20.9 Å². The lowest BCUT2D eigenvalue weighted by Gasteiger charge is -2.09. The molecule has 90 valence electrons. The predicted octanol–water partition coefficient (Wildman–Crippen LogP) is 2.25. The first kappa shape index (κ1) is 12.5. The van der Waals surface area contributed by atoms with E-state index < -0.39 is 23.9 Å². The number of carboxylic acids is 1. The van der Waals surface area contributed by atoms with E-state index >= 15 is 0 Å². The van der Waals surface area contributed by atoms with E-state index in [1.165, 1.54) is 20.0 Å². The topological polar surface area (TPSA) is 55.1 Å². The Balaban J connectivity index is 2.97. The third kappa shape index (κ3) is 2.74. The van der Waals surface area contributed by atoms with Gasteiger partial charge in [0.2, 0.25) is 0 Å². The first-order valence-corrected chi connectivity index (χ1v) is 4.56. The second-order valence-corrected chi connectivity index (χ2v) is 3.59. The van der Waals surface area contributed by atoms with Gasteiger partial charge in [-0.2, -0.15) is 18.3 Å². The average molecular weight is 236 g/mol. The lowest BCUT2D eigenvalue weighted by Crippen LogP contribution is -2.13. The zero-order valence-electron chi connectivity index (χ0n) is 8.75. The van der Waals surface area contributed by atoms with Gasteiger partial charge in [0.05, 0.1) is 12.5 Å². The first-order chi connectivity index (χ1) is 7.21. The highest BCUT2D eigenvalue weighted by Crippen LogP contribution is 2.31. The summed E-state index contributed by atoms with van der Waals surface area (Å²) in [7, 11) is 0. The van der Waals surface area contributed by atoms with Gasteiger partial charge in [0, 0.05) is 6.20 Å². The van der Waals surface area contributed by atoms with E-state index in [0.29, 0.717) is 0 Å². The van der Waals surface area contributed by atoms with Crippen LogP contribution < -0.4 is 0 Å². The smallest absolute Gasteiger partial charge is 0.435 e. The number of nitrogens with zero attached hydrogens (tertiary/aromatic N) is 2. The van der Waals surface area contributed by atoms with Gasteiger partial charge in [0.25, 0.3) is 0 Å². The molecule has 1 aromatic rings. The summed E-state index contributed by atoms with van der Waals surface area (Å²) in [5, 5.41) is 11.9.